The summed E-state index contributed by atoms with van der Waals surface area (Å²) in [5.41, 5.74) is -1.56. The molecular formula is C25H28Cl2N2O8. The van der Waals surface area contributed by atoms with Gasteiger partial charge in [0.25, 0.3) is 0 Å². The molecule has 2 heterocycles. The number of carbonyl (C=O) groups is 3. The second-order valence-corrected chi connectivity index (χ2v) is 10.3. The second-order valence-electron chi connectivity index (χ2n) is 9.46. The summed E-state index contributed by atoms with van der Waals surface area (Å²) in [7, 11) is 0. The average Bonchev–Trinajstić information content (AvgIpc) is 3.36. The van der Waals surface area contributed by atoms with Crippen LogP contribution in [0.3, 0.4) is 0 Å². The first-order valence-electron chi connectivity index (χ1n) is 11.5. The first-order chi connectivity index (χ1) is 17.3. The smallest absolute Gasteiger partial charge is 0.336 e. The Labute approximate surface area is 223 Å². The largest absolute Gasteiger partial charge is 0.481 e. The first kappa shape index (κ1) is 28.8. The number of carboxylic acid groups (broad SMARTS) is 3. The van der Waals surface area contributed by atoms with Gasteiger partial charge in [0.15, 0.2) is 5.60 Å². The van der Waals surface area contributed by atoms with E-state index in [1.54, 1.807) is 6.20 Å². The van der Waals surface area contributed by atoms with E-state index in [1.807, 2.05) is 36.4 Å². The van der Waals surface area contributed by atoms with E-state index in [1.165, 1.54) is 0 Å². The van der Waals surface area contributed by atoms with Crippen molar-refractivity contribution in [1.82, 2.24) is 9.88 Å². The molecule has 200 valence electrons. The molecule has 1 aliphatic heterocycles. The molecular weight excluding hydrogens is 527 g/mol. The predicted molar refractivity (Wildman–Crippen MR) is 133 cm³/mol. The highest BCUT2D eigenvalue weighted by atomic mass is 35.5. The number of nitrogens with zero attached hydrogens (tertiary/aromatic N) is 2. The molecule has 2 aromatic rings. The van der Waals surface area contributed by atoms with Crippen LogP contribution in [0.1, 0.15) is 36.9 Å². The van der Waals surface area contributed by atoms with E-state index in [9.17, 15) is 19.5 Å². The Morgan fingerprint density at radius 2 is 1.70 bits per heavy atom. The maximum absolute atomic E-state index is 11.3. The molecule has 2 aliphatic rings. The molecule has 1 saturated carbocycles. The van der Waals surface area contributed by atoms with Crippen LogP contribution in [-0.2, 0) is 26.5 Å². The quantitative estimate of drug-likeness (QED) is 0.327. The lowest BCUT2D eigenvalue weighted by molar-refractivity contribution is -0.170. The molecule has 10 nitrogen and oxygen atoms in total. The van der Waals surface area contributed by atoms with E-state index in [-0.39, 0.29) is 5.92 Å². The van der Waals surface area contributed by atoms with E-state index in [2.05, 4.69) is 9.88 Å². The van der Waals surface area contributed by atoms with Gasteiger partial charge < -0.3 is 25.5 Å². The maximum Gasteiger partial charge on any atom is 0.336 e. The fourth-order valence-corrected chi connectivity index (χ4v) is 5.38. The fraction of sp³-hybridized carbons (Fsp3) is 0.440. The molecule has 37 heavy (non-hydrogen) atoms. The third-order valence-electron chi connectivity index (χ3n) is 6.81. The van der Waals surface area contributed by atoms with Gasteiger partial charge in [-0.25, -0.2) is 4.79 Å². The predicted octanol–water partition coefficient (Wildman–Crippen LogP) is 2.87. The molecule has 3 atom stereocenters. The lowest BCUT2D eigenvalue weighted by Gasteiger charge is -2.29. The third kappa shape index (κ3) is 6.97. The number of pyridine rings is 1. The van der Waals surface area contributed by atoms with Crippen LogP contribution in [0.5, 0.6) is 0 Å². The topological polar surface area (TPSA) is 168 Å². The van der Waals surface area contributed by atoms with Crippen LogP contribution >= 0.6 is 23.2 Å². The van der Waals surface area contributed by atoms with Crippen molar-refractivity contribution in [2.75, 3.05) is 13.1 Å². The summed E-state index contributed by atoms with van der Waals surface area (Å²) in [5, 5.41) is 46.3. The summed E-state index contributed by atoms with van der Waals surface area (Å²) in [4.78, 5) is 37.3. The van der Waals surface area contributed by atoms with Crippen LogP contribution in [-0.4, -0.2) is 72.0 Å². The Kier molecular flexibility index (Phi) is 9.14. The van der Waals surface area contributed by atoms with E-state index < -0.39 is 42.0 Å². The molecule has 5 N–H and O–H groups in total. The highest BCUT2D eigenvalue weighted by Gasteiger charge is 2.53. The molecule has 0 spiro atoms. The highest BCUT2D eigenvalue weighted by Crippen LogP contribution is 2.50. The minimum absolute atomic E-state index is 0.246. The molecule has 12 heteroatoms. The number of halogens is 2. The van der Waals surface area contributed by atoms with E-state index >= 15 is 0 Å². The second kappa shape index (κ2) is 11.7. The summed E-state index contributed by atoms with van der Waals surface area (Å²) in [6.45, 7) is 2.74. The zero-order valence-electron chi connectivity index (χ0n) is 19.8. The van der Waals surface area contributed by atoms with Crippen LogP contribution in [0.15, 0.2) is 42.6 Å². The van der Waals surface area contributed by atoms with Crippen molar-refractivity contribution < 1.29 is 39.9 Å². The van der Waals surface area contributed by atoms with Crippen molar-refractivity contribution in [1.29, 1.82) is 0 Å². The van der Waals surface area contributed by atoms with Gasteiger partial charge in [0.1, 0.15) is 5.60 Å². The van der Waals surface area contributed by atoms with Gasteiger partial charge in [0.05, 0.1) is 28.6 Å². The normalized spacial score (nSPS) is 23.1. The molecule has 1 aromatic heterocycles. The summed E-state index contributed by atoms with van der Waals surface area (Å²) in [6.07, 6.45) is 1.34. The molecule has 0 radical (unpaired) electrons. The Balaban J connectivity index is 0.000000251. The Hall–Kier alpha value is -2.76. The summed E-state index contributed by atoms with van der Waals surface area (Å²) in [5.74, 6) is -4.25. The van der Waals surface area contributed by atoms with Gasteiger partial charge in [-0.1, -0.05) is 35.3 Å². The van der Waals surface area contributed by atoms with E-state index in [4.69, 9.17) is 43.6 Å². The minimum Gasteiger partial charge on any atom is -0.481 e. The van der Waals surface area contributed by atoms with E-state index in [0.29, 0.717) is 16.0 Å². The monoisotopic (exact) mass is 554 g/mol. The minimum atomic E-state index is -2.74. The number of aliphatic hydroxyl groups is 2. The van der Waals surface area contributed by atoms with Gasteiger partial charge in [-0.2, -0.15) is 0 Å². The summed E-state index contributed by atoms with van der Waals surface area (Å²) < 4.78 is 0. The van der Waals surface area contributed by atoms with Gasteiger partial charge in [0, 0.05) is 31.7 Å². The molecule has 4 rings (SSSR count). The van der Waals surface area contributed by atoms with Crippen LogP contribution in [0.4, 0.5) is 0 Å². The number of aromatic nitrogens is 1. The number of aliphatic carboxylic acids is 3. The van der Waals surface area contributed by atoms with Crippen molar-refractivity contribution in [3.8, 4) is 0 Å². The summed E-state index contributed by atoms with van der Waals surface area (Å²) in [6, 6.07) is 11.6. The number of benzene rings is 1. The van der Waals surface area contributed by atoms with Gasteiger partial charge in [-0.15, -0.1) is 0 Å². The number of fused-ring (bicyclic) bond motifs is 1. The van der Waals surface area contributed by atoms with Crippen molar-refractivity contribution in [2.45, 2.75) is 43.4 Å². The molecule has 0 unspecified atom stereocenters. The van der Waals surface area contributed by atoms with Crippen molar-refractivity contribution in [2.24, 2.45) is 11.8 Å². The molecule has 1 aliphatic carbocycles. The van der Waals surface area contributed by atoms with Crippen molar-refractivity contribution in [3.63, 3.8) is 0 Å². The number of hydrogen-bond acceptors (Lipinski definition) is 7. The van der Waals surface area contributed by atoms with Crippen molar-refractivity contribution >= 4 is 41.1 Å². The zero-order valence-corrected chi connectivity index (χ0v) is 21.3. The molecule has 0 bridgehead atoms. The Morgan fingerprint density at radius 3 is 2.24 bits per heavy atom. The highest BCUT2D eigenvalue weighted by molar-refractivity contribution is 6.42. The lowest BCUT2D eigenvalue weighted by atomic mass is 9.85. The lowest BCUT2D eigenvalue weighted by Crippen LogP contribution is -2.42. The number of carboxylic acids is 3. The maximum atomic E-state index is 11.3. The number of hydrogen-bond donors (Lipinski definition) is 5. The van der Waals surface area contributed by atoms with Gasteiger partial charge in [-0.05, 0) is 48.6 Å². The van der Waals surface area contributed by atoms with Gasteiger partial charge in [-0.3, -0.25) is 19.5 Å². The standard InChI is InChI=1S/C19H20Cl2N2O.C6H8O7/c20-16-5-4-13(9-17(16)21)10-23-11-14-6-7-19(24,15(14)12-23)18-3-1-2-8-22-18;7-3(8)1-6(13,5(11)12)2-4(9)10/h1-5,8-9,14-15,24H,6-7,10-12H2;13H,1-2H2,(H,7,8)(H,9,10)(H,11,12)/t14-,15+,19-;/m0./s1. The van der Waals surface area contributed by atoms with Crippen LogP contribution in [0, 0.1) is 11.8 Å². The van der Waals surface area contributed by atoms with E-state index in [0.717, 1.165) is 43.7 Å². The Bertz CT molecular complexity index is 1130. The zero-order chi connectivity index (χ0) is 27.4. The average molecular weight is 555 g/mol. The molecule has 2 fully saturated rings. The molecule has 1 aromatic carbocycles. The van der Waals surface area contributed by atoms with Crippen molar-refractivity contribution in [3.05, 3.63) is 63.9 Å². The van der Waals surface area contributed by atoms with Crippen LogP contribution in [0.2, 0.25) is 10.0 Å². The van der Waals surface area contributed by atoms with Gasteiger partial charge in [0.2, 0.25) is 0 Å². The van der Waals surface area contributed by atoms with Gasteiger partial charge >= 0.3 is 17.9 Å². The SMILES string of the molecule is O=C(O)CC(O)(CC(=O)O)C(=O)O.O[C@@]1(c2ccccn2)CC[C@H]2CN(Cc3ccc(Cl)c(Cl)c3)C[C@H]21. The Morgan fingerprint density at radius 1 is 1.03 bits per heavy atom. The first-order valence-corrected chi connectivity index (χ1v) is 12.3. The summed E-state index contributed by atoms with van der Waals surface area (Å²) >= 11 is 12.1. The fourth-order valence-electron chi connectivity index (χ4n) is 5.06. The number of likely N-dealkylation sites (tertiary alicyclic amines) is 1. The van der Waals surface area contributed by atoms with Crippen LogP contribution < -0.4 is 0 Å². The molecule has 1 saturated heterocycles. The van der Waals surface area contributed by atoms with Crippen LogP contribution in [0.25, 0.3) is 0 Å². The third-order valence-corrected chi connectivity index (χ3v) is 7.55. The number of rotatable bonds is 8. The molecule has 0 amide bonds.